The van der Waals surface area contributed by atoms with Crippen molar-refractivity contribution in [2.24, 2.45) is 5.84 Å². The third-order valence-corrected chi connectivity index (χ3v) is 2.50. The first-order valence-corrected chi connectivity index (χ1v) is 5.40. The largest absolute Gasteiger partial charge is 0.485 e. The summed E-state index contributed by atoms with van der Waals surface area (Å²) in [6.45, 7) is 0.00644. The van der Waals surface area contributed by atoms with Gasteiger partial charge in [0.05, 0.1) is 22.4 Å². The lowest BCUT2D eigenvalue weighted by Gasteiger charge is -2.07. The Morgan fingerprint density at radius 2 is 2.29 bits per heavy atom. The highest BCUT2D eigenvalue weighted by molar-refractivity contribution is 9.10. The zero-order valence-electron chi connectivity index (χ0n) is 8.68. The number of nitrogens with one attached hydrogen (secondary N) is 1. The smallest absolute Gasteiger partial charge is 0.312 e. The molecule has 1 rings (SSSR count). The minimum Gasteiger partial charge on any atom is -0.485 e. The first-order chi connectivity index (χ1) is 8.06. The lowest BCUT2D eigenvalue weighted by Crippen LogP contribution is -2.31. The summed E-state index contributed by atoms with van der Waals surface area (Å²) in [6.07, 6.45) is 0.0228. The maximum absolute atomic E-state index is 10.8. The third-order valence-electron chi connectivity index (χ3n) is 1.88. The Hall–Kier alpha value is -1.67. The molecular formula is C9H10BrN3O4. The van der Waals surface area contributed by atoms with Crippen molar-refractivity contribution in [3.8, 4) is 5.75 Å². The Balaban J connectivity index is 2.76. The van der Waals surface area contributed by atoms with Crippen LogP contribution in [0.2, 0.25) is 0 Å². The standard InChI is InChI=1S/C9H10BrN3O4/c10-6-2-1-3-7(13(15)16)9(6)17-5-4-8(14)12-11/h1-3H,4-5,11H2,(H,12,14). The molecule has 1 aromatic rings. The Bertz CT molecular complexity index is 438. The van der Waals surface area contributed by atoms with Crippen LogP contribution in [0.5, 0.6) is 5.75 Å². The summed E-state index contributed by atoms with van der Waals surface area (Å²) in [4.78, 5) is 21.0. The van der Waals surface area contributed by atoms with E-state index in [1.165, 1.54) is 12.1 Å². The fraction of sp³-hybridized carbons (Fsp3) is 0.222. The van der Waals surface area contributed by atoms with E-state index in [0.717, 1.165) is 0 Å². The van der Waals surface area contributed by atoms with Gasteiger partial charge in [-0.1, -0.05) is 6.07 Å². The first kappa shape index (κ1) is 13.4. The van der Waals surface area contributed by atoms with Gasteiger partial charge in [0.2, 0.25) is 11.7 Å². The molecule has 0 saturated heterocycles. The lowest BCUT2D eigenvalue weighted by atomic mass is 10.3. The minimum atomic E-state index is -0.552. The summed E-state index contributed by atoms with van der Waals surface area (Å²) in [5.41, 5.74) is 1.78. The molecule has 8 heteroatoms. The molecule has 0 atom stereocenters. The highest BCUT2D eigenvalue weighted by Gasteiger charge is 2.17. The summed E-state index contributed by atoms with van der Waals surface area (Å²) < 4.78 is 5.65. The van der Waals surface area contributed by atoms with Crippen LogP contribution in [0, 0.1) is 10.1 Å². The van der Waals surface area contributed by atoms with Gasteiger partial charge in [0.1, 0.15) is 0 Å². The van der Waals surface area contributed by atoms with Crippen molar-refractivity contribution in [1.82, 2.24) is 5.43 Å². The van der Waals surface area contributed by atoms with Crippen LogP contribution in [-0.2, 0) is 4.79 Å². The van der Waals surface area contributed by atoms with Crippen LogP contribution in [0.1, 0.15) is 6.42 Å². The molecule has 0 aliphatic rings. The van der Waals surface area contributed by atoms with Gasteiger partial charge >= 0.3 is 5.69 Å². The second-order valence-electron chi connectivity index (χ2n) is 3.01. The zero-order chi connectivity index (χ0) is 12.8. The van der Waals surface area contributed by atoms with Gasteiger partial charge in [0, 0.05) is 6.07 Å². The average Bonchev–Trinajstić information content (AvgIpc) is 2.30. The number of nitro benzene ring substituents is 1. The van der Waals surface area contributed by atoms with Crippen molar-refractivity contribution >= 4 is 27.5 Å². The maximum Gasteiger partial charge on any atom is 0.312 e. The van der Waals surface area contributed by atoms with Crippen LogP contribution in [0.15, 0.2) is 22.7 Å². The molecule has 1 amide bonds. The monoisotopic (exact) mass is 303 g/mol. The summed E-state index contributed by atoms with van der Waals surface area (Å²) in [5, 5.41) is 10.7. The molecule has 7 nitrogen and oxygen atoms in total. The number of nitro groups is 1. The summed E-state index contributed by atoms with van der Waals surface area (Å²) in [5.74, 6) is 4.58. The molecule has 0 aliphatic carbocycles. The van der Waals surface area contributed by atoms with Crippen LogP contribution in [-0.4, -0.2) is 17.4 Å². The average molecular weight is 304 g/mol. The fourth-order valence-corrected chi connectivity index (χ4v) is 1.57. The molecule has 1 aromatic carbocycles. The predicted octanol–water partition coefficient (Wildman–Crippen LogP) is 1.12. The number of hydrogen-bond acceptors (Lipinski definition) is 5. The number of ether oxygens (including phenoxy) is 1. The Morgan fingerprint density at radius 3 is 2.88 bits per heavy atom. The van der Waals surface area contributed by atoms with E-state index in [9.17, 15) is 14.9 Å². The number of para-hydroxylation sites is 1. The van der Waals surface area contributed by atoms with Crippen LogP contribution >= 0.6 is 15.9 Å². The topological polar surface area (TPSA) is 107 Å². The van der Waals surface area contributed by atoms with Gasteiger partial charge < -0.3 is 4.74 Å². The van der Waals surface area contributed by atoms with Gasteiger partial charge in [-0.25, -0.2) is 5.84 Å². The Kier molecular flexibility index (Phi) is 4.85. The number of hydrazine groups is 1. The van der Waals surface area contributed by atoms with Gasteiger partial charge in [-0.2, -0.15) is 0 Å². The number of amides is 1. The summed E-state index contributed by atoms with van der Waals surface area (Å²) in [6, 6.07) is 4.47. The van der Waals surface area contributed by atoms with Crippen LogP contribution in [0.25, 0.3) is 0 Å². The second-order valence-corrected chi connectivity index (χ2v) is 3.87. The molecule has 0 aromatic heterocycles. The Labute approximate surface area is 105 Å². The minimum absolute atomic E-state index is 0.00644. The molecule has 92 valence electrons. The molecule has 0 aliphatic heterocycles. The van der Waals surface area contributed by atoms with E-state index in [1.807, 2.05) is 5.43 Å². The van der Waals surface area contributed by atoms with Crippen LogP contribution < -0.4 is 16.0 Å². The van der Waals surface area contributed by atoms with Crippen molar-refractivity contribution < 1.29 is 14.5 Å². The molecule has 0 fully saturated rings. The molecule has 0 spiro atoms. The van der Waals surface area contributed by atoms with Crippen molar-refractivity contribution in [2.75, 3.05) is 6.61 Å². The van der Waals surface area contributed by atoms with Crippen molar-refractivity contribution in [2.45, 2.75) is 6.42 Å². The zero-order valence-corrected chi connectivity index (χ0v) is 10.3. The molecule has 0 heterocycles. The van der Waals surface area contributed by atoms with E-state index in [-0.39, 0.29) is 24.5 Å². The second kappa shape index (κ2) is 6.16. The number of halogens is 1. The number of hydrogen-bond donors (Lipinski definition) is 2. The van der Waals surface area contributed by atoms with E-state index in [2.05, 4.69) is 15.9 Å². The molecule has 0 radical (unpaired) electrons. The maximum atomic E-state index is 10.8. The highest BCUT2D eigenvalue weighted by atomic mass is 79.9. The molecule has 0 unspecified atom stereocenters. The van der Waals surface area contributed by atoms with E-state index >= 15 is 0 Å². The van der Waals surface area contributed by atoms with E-state index < -0.39 is 10.8 Å². The molecule has 17 heavy (non-hydrogen) atoms. The van der Waals surface area contributed by atoms with Gasteiger partial charge in [-0.05, 0) is 22.0 Å². The van der Waals surface area contributed by atoms with Crippen LogP contribution in [0.4, 0.5) is 5.69 Å². The predicted molar refractivity (Wildman–Crippen MR) is 63.2 cm³/mol. The van der Waals surface area contributed by atoms with Crippen LogP contribution in [0.3, 0.4) is 0 Å². The van der Waals surface area contributed by atoms with E-state index in [0.29, 0.717) is 4.47 Å². The number of rotatable bonds is 5. The number of nitrogens with two attached hydrogens (primary N) is 1. The van der Waals surface area contributed by atoms with Crippen molar-refractivity contribution in [3.05, 3.63) is 32.8 Å². The summed E-state index contributed by atoms with van der Waals surface area (Å²) >= 11 is 3.15. The highest BCUT2D eigenvalue weighted by Crippen LogP contribution is 2.34. The van der Waals surface area contributed by atoms with E-state index in [1.54, 1.807) is 6.07 Å². The van der Waals surface area contributed by atoms with Gasteiger partial charge in [0.15, 0.2) is 0 Å². The first-order valence-electron chi connectivity index (χ1n) is 4.61. The van der Waals surface area contributed by atoms with Crippen molar-refractivity contribution in [1.29, 1.82) is 0 Å². The summed E-state index contributed by atoms with van der Waals surface area (Å²) in [7, 11) is 0. The quantitative estimate of drug-likeness (QED) is 0.367. The molecule has 0 bridgehead atoms. The number of carbonyl (C=O) groups is 1. The lowest BCUT2D eigenvalue weighted by molar-refractivity contribution is -0.386. The van der Waals surface area contributed by atoms with Gasteiger partial charge in [0.25, 0.3) is 0 Å². The molecular weight excluding hydrogens is 294 g/mol. The van der Waals surface area contributed by atoms with Gasteiger partial charge in [-0.15, -0.1) is 0 Å². The number of carbonyl (C=O) groups excluding carboxylic acids is 1. The normalized spacial score (nSPS) is 9.76. The SMILES string of the molecule is NNC(=O)CCOc1c(Br)cccc1[N+](=O)[O-]. The molecule has 0 saturated carbocycles. The number of benzene rings is 1. The fourth-order valence-electron chi connectivity index (χ4n) is 1.10. The Morgan fingerprint density at radius 1 is 1.59 bits per heavy atom. The van der Waals surface area contributed by atoms with E-state index in [4.69, 9.17) is 10.6 Å². The number of nitrogens with zero attached hydrogens (tertiary/aromatic N) is 1. The third kappa shape index (κ3) is 3.68. The van der Waals surface area contributed by atoms with Crippen molar-refractivity contribution in [3.63, 3.8) is 0 Å². The van der Waals surface area contributed by atoms with Gasteiger partial charge in [-0.3, -0.25) is 20.3 Å². The molecule has 3 N–H and O–H groups in total.